The van der Waals surface area contributed by atoms with Crippen molar-refractivity contribution in [1.82, 2.24) is 19.9 Å². The molecule has 0 fully saturated rings. The van der Waals surface area contributed by atoms with E-state index < -0.39 is 0 Å². The summed E-state index contributed by atoms with van der Waals surface area (Å²) in [5.74, 6) is 0.614. The molecule has 0 saturated carbocycles. The van der Waals surface area contributed by atoms with Gasteiger partial charge in [-0.3, -0.25) is 4.79 Å². The number of likely N-dealkylation sites (N-methyl/N-ethyl adjacent to an activating group) is 1. The van der Waals surface area contributed by atoms with Crippen molar-refractivity contribution in [2.24, 2.45) is 5.73 Å². The van der Waals surface area contributed by atoms with Crippen LogP contribution in [0.1, 0.15) is 17.0 Å². The van der Waals surface area contributed by atoms with Gasteiger partial charge in [-0.15, -0.1) is 0 Å². The average Bonchev–Trinajstić information content (AvgIpc) is 2.61. The third kappa shape index (κ3) is 2.32. The third-order valence-electron chi connectivity index (χ3n) is 3.87. The summed E-state index contributed by atoms with van der Waals surface area (Å²) in [5, 5.41) is 0.651. The maximum atomic E-state index is 12.4. The van der Waals surface area contributed by atoms with Gasteiger partial charge >= 0.3 is 0 Å². The lowest BCUT2D eigenvalue weighted by Crippen LogP contribution is -2.21. The number of H-pyrrole nitrogens is 1. The van der Waals surface area contributed by atoms with Gasteiger partial charge in [0, 0.05) is 25.7 Å². The molecule has 0 spiro atoms. The Bertz CT molecular complexity index is 694. The van der Waals surface area contributed by atoms with Crippen LogP contribution in [0, 0.1) is 0 Å². The van der Waals surface area contributed by atoms with Crippen LogP contribution in [0.15, 0.2) is 11.0 Å². The molecule has 6 heteroatoms. The summed E-state index contributed by atoms with van der Waals surface area (Å²) in [7, 11) is 2.10. The molecule has 0 atom stereocenters. The highest BCUT2D eigenvalue weighted by Gasteiger charge is 2.17. The number of aromatic amines is 1. The summed E-state index contributed by atoms with van der Waals surface area (Å²) in [4.78, 5) is 26.3. The smallest absolute Gasteiger partial charge is 0.260 e. The third-order valence-corrected chi connectivity index (χ3v) is 3.87. The minimum Gasteiger partial charge on any atom is -0.330 e. The molecule has 2 aromatic rings. The highest BCUT2D eigenvalue weighted by molar-refractivity contribution is 5.79. The highest BCUT2D eigenvalue weighted by atomic mass is 16.1. The van der Waals surface area contributed by atoms with Crippen molar-refractivity contribution in [3.8, 4) is 0 Å². The fraction of sp³-hybridized carbons (Fsp3) is 0.500. The SMILES string of the molecule is CN1CCc2cnc3nc(CCN)[nH]c(=O)c3c2CC1. The van der Waals surface area contributed by atoms with E-state index in [1.165, 1.54) is 5.56 Å². The van der Waals surface area contributed by atoms with Crippen LogP contribution in [0.3, 0.4) is 0 Å². The predicted octanol–water partition coefficient (Wildman–Crippen LogP) is -0.150. The second-order valence-electron chi connectivity index (χ2n) is 5.32. The molecule has 3 rings (SSSR count). The Kier molecular flexibility index (Phi) is 3.50. The Morgan fingerprint density at radius 1 is 1.40 bits per heavy atom. The van der Waals surface area contributed by atoms with Gasteiger partial charge in [0.2, 0.25) is 0 Å². The van der Waals surface area contributed by atoms with E-state index in [0.717, 1.165) is 31.5 Å². The maximum absolute atomic E-state index is 12.4. The summed E-state index contributed by atoms with van der Waals surface area (Å²) < 4.78 is 0. The molecule has 0 amide bonds. The van der Waals surface area contributed by atoms with Gasteiger partial charge in [-0.2, -0.15) is 0 Å². The van der Waals surface area contributed by atoms with E-state index in [4.69, 9.17) is 5.73 Å². The maximum Gasteiger partial charge on any atom is 0.260 e. The number of pyridine rings is 1. The predicted molar refractivity (Wildman–Crippen MR) is 77.8 cm³/mol. The molecule has 0 saturated heterocycles. The zero-order valence-electron chi connectivity index (χ0n) is 11.6. The molecular weight excluding hydrogens is 254 g/mol. The summed E-state index contributed by atoms with van der Waals surface area (Å²) >= 11 is 0. The number of nitrogens with two attached hydrogens (primary N) is 1. The summed E-state index contributed by atoms with van der Waals surface area (Å²) in [6.07, 6.45) is 4.23. The minimum absolute atomic E-state index is 0.0904. The van der Waals surface area contributed by atoms with E-state index >= 15 is 0 Å². The first-order valence-corrected chi connectivity index (χ1v) is 6.97. The van der Waals surface area contributed by atoms with Gasteiger partial charge in [0.05, 0.1) is 5.39 Å². The van der Waals surface area contributed by atoms with Crippen molar-refractivity contribution in [3.63, 3.8) is 0 Å². The monoisotopic (exact) mass is 273 g/mol. The van der Waals surface area contributed by atoms with E-state index in [1.807, 2.05) is 6.20 Å². The number of aromatic nitrogens is 3. The first-order chi connectivity index (χ1) is 9.69. The average molecular weight is 273 g/mol. The summed E-state index contributed by atoms with van der Waals surface area (Å²) in [5.41, 5.74) is 8.24. The van der Waals surface area contributed by atoms with Gasteiger partial charge in [-0.05, 0) is 37.6 Å². The summed E-state index contributed by atoms with van der Waals surface area (Å²) in [6, 6.07) is 0. The van der Waals surface area contributed by atoms with Gasteiger partial charge in [-0.25, -0.2) is 9.97 Å². The molecule has 0 bridgehead atoms. The zero-order chi connectivity index (χ0) is 14.1. The van der Waals surface area contributed by atoms with Crippen LogP contribution in [-0.2, 0) is 19.3 Å². The molecule has 1 aliphatic heterocycles. The zero-order valence-corrected chi connectivity index (χ0v) is 11.6. The fourth-order valence-electron chi connectivity index (χ4n) is 2.73. The molecule has 2 aromatic heterocycles. The van der Waals surface area contributed by atoms with E-state index in [2.05, 4.69) is 26.9 Å². The molecule has 0 radical (unpaired) electrons. The molecule has 0 aliphatic carbocycles. The standard InChI is InChI=1S/C14H19N5O/c1-19-6-3-9-8-16-13-12(10(9)4-7-19)14(20)18-11(17-13)2-5-15/h8H,2-7,15H2,1H3,(H,16,17,18,20). The molecule has 6 nitrogen and oxygen atoms in total. The molecular formula is C14H19N5O. The van der Waals surface area contributed by atoms with Gasteiger partial charge in [0.25, 0.3) is 5.56 Å². The number of fused-ring (bicyclic) bond motifs is 3. The van der Waals surface area contributed by atoms with Crippen LogP contribution in [0.25, 0.3) is 11.0 Å². The lowest BCUT2D eigenvalue weighted by Gasteiger charge is -2.11. The lowest BCUT2D eigenvalue weighted by atomic mass is 10.0. The second kappa shape index (κ2) is 5.30. The van der Waals surface area contributed by atoms with Crippen molar-refractivity contribution in [3.05, 3.63) is 33.5 Å². The van der Waals surface area contributed by atoms with Gasteiger partial charge in [0.1, 0.15) is 5.82 Å². The molecule has 3 heterocycles. The summed E-state index contributed by atoms with van der Waals surface area (Å²) in [6.45, 7) is 2.41. The number of hydrogen-bond acceptors (Lipinski definition) is 5. The van der Waals surface area contributed by atoms with Crippen LogP contribution < -0.4 is 11.3 Å². The molecule has 0 aromatic carbocycles. The minimum atomic E-state index is -0.0904. The van der Waals surface area contributed by atoms with Crippen LogP contribution >= 0.6 is 0 Å². The van der Waals surface area contributed by atoms with E-state index in [1.54, 1.807) is 0 Å². The normalized spacial score (nSPS) is 16.1. The molecule has 106 valence electrons. The lowest BCUT2D eigenvalue weighted by molar-refractivity contribution is 0.352. The Morgan fingerprint density at radius 2 is 2.20 bits per heavy atom. The van der Waals surface area contributed by atoms with Crippen LogP contribution in [0.5, 0.6) is 0 Å². The number of rotatable bonds is 2. The van der Waals surface area contributed by atoms with Crippen molar-refractivity contribution in [2.45, 2.75) is 19.3 Å². The van der Waals surface area contributed by atoms with Crippen molar-refractivity contribution < 1.29 is 0 Å². The largest absolute Gasteiger partial charge is 0.330 e. The van der Waals surface area contributed by atoms with Gasteiger partial charge in [0.15, 0.2) is 5.65 Å². The van der Waals surface area contributed by atoms with E-state index in [-0.39, 0.29) is 5.56 Å². The van der Waals surface area contributed by atoms with Crippen LogP contribution in [0.4, 0.5) is 0 Å². The van der Waals surface area contributed by atoms with Gasteiger partial charge in [-0.1, -0.05) is 0 Å². The topological polar surface area (TPSA) is 87.9 Å². The first kappa shape index (κ1) is 13.2. The Hall–Kier alpha value is -1.79. The van der Waals surface area contributed by atoms with Crippen molar-refractivity contribution in [1.29, 1.82) is 0 Å². The first-order valence-electron chi connectivity index (χ1n) is 6.97. The quantitative estimate of drug-likeness (QED) is 0.794. The Labute approximate surface area is 117 Å². The van der Waals surface area contributed by atoms with Crippen molar-refractivity contribution >= 4 is 11.0 Å². The molecule has 3 N–H and O–H groups in total. The van der Waals surface area contributed by atoms with Crippen molar-refractivity contribution in [2.75, 3.05) is 26.7 Å². The van der Waals surface area contributed by atoms with Crippen LogP contribution in [-0.4, -0.2) is 46.5 Å². The molecule has 20 heavy (non-hydrogen) atoms. The highest BCUT2D eigenvalue weighted by Crippen LogP contribution is 2.20. The number of hydrogen-bond donors (Lipinski definition) is 2. The van der Waals surface area contributed by atoms with Gasteiger partial charge < -0.3 is 15.6 Å². The molecule has 1 aliphatic rings. The number of nitrogens with one attached hydrogen (secondary N) is 1. The van der Waals surface area contributed by atoms with E-state index in [0.29, 0.717) is 29.8 Å². The van der Waals surface area contributed by atoms with E-state index in [9.17, 15) is 4.79 Å². The fourth-order valence-corrected chi connectivity index (χ4v) is 2.73. The Morgan fingerprint density at radius 3 is 3.00 bits per heavy atom. The number of nitrogens with zero attached hydrogens (tertiary/aromatic N) is 3. The molecule has 0 unspecified atom stereocenters. The second-order valence-corrected chi connectivity index (χ2v) is 5.32. The Balaban J connectivity index is 2.18. The van der Waals surface area contributed by atoms with Crippen LogP contribution in [0.2, 0.25) is 0 Å².